The summed E-state index contributed by atoms with van der Waals surface area (Å²) in [5, 5.41) is 0. The average Bonchev–Trinajstić information content (AvgIpc) is 2.82. The minimum absolute atomic E-state index is 0.00300. The third kappa shape index (κ3) is 3.40. The molecule has 0 bridgehead atoms. The second kappa shape index (κ2) is 6.37. The van der Waals surface area contributed by atoms with Crippen molar-refractivity contribution in [1.82, 2.24) is 9.71 Å². The average molecular weight is 326 g/mol. The minimum Gasteiger partial charge on any atom is -0.497 e. The molecule has 2 aromatic rings. The van der Waals surface area contributed by atoms with Gasteiger partial charge in [-0.05, 0) is 19.1 Å². The first kappa shape index (κ1) is 16.3. The third-order valence-corrected chi connectivity index (χ3v) is 4.51. The number of rotatable bonds is 6. The van der Waals surface area contributed by atoms with Gasteiger partial charge in [-0.15, -0.1) is 0 Å². The fraction of sp³-hybridized carbons (Fsp3) is 0.357. The number of methoxy groups -OCH3 is 2. The molecule has 0 amide bonds. The Labute approximate surface area is 129 Å². The van der Waals surface area contributed by atoms with E-state index in [0.717, 1.165) is 0 Å². The summed E-state index contributed by atoms with van der Waals surface area (Å²) < 4.78 is 42.9. The van der Waals surface area contributed by atoms with Crippen LogP contribution in [0.4, 0.5) is 0 Å². The topological polar surface area (TPSA) is 90.7 Å². The molecule has 1 aromatic heterocycles. The molecule has 8 heteroatoms. The van der Waals surface area contributed by atoms with E-state index < -0.39 is 10.0 Å². The number of nitrogens with one attached hydrogen (secondary N) is 1. The lowest BCUT2D eigenvalue weighted by Gasteiger charge is -2.11. The summed E-state index contributed by atoms with van der Waals surface area (Å²) in [6, 6.07) is 4.57. The van der Waals surface area contributed by atoms with Gasteiger partial charge in [0, 0.05) is 13.0 Å². The van der Waals surface area contributed by atoms with Gasteiger partial charge in [0.1, 0.15) is 22.2 Å². The van der Waals surface area contributed by atoms with Crippen LogP contribution in [0, 0.1) is 13.8 Å². The Morgan fingerprint density at radius 2 is 1.95 bits per heavy atom. The van der Waals surface area contributed by atoms with Crippen LogP contribution in [0.15, 0.2) is 27.5 Å². The van der Waals surface area contributed by atoms with Gasteiger partial charge < -0.3 is 13.9 Å². The molecule has 0 atom stereocenters. The molecular formula is C14H18N2O5S. The van der Waals surface area contributed by atoms with Crippen molar-refractivity contribution in [3.8, 4) is 11.5 Å². The summed E-state index contributed by atoms with van der Waals surface area (Å²) in [6.45, 7) is 3.47. The second-order valence-corrected chi connectivity index (χ2v) is 6.32. The van der Waals surface area contributed by atoms with Crippen LogP contribution in [-0.4, -0.2) is 27.6 Å². The lowest BCUT2D eigenvalue weighted by Crippen LogP contribution is -2.24. The summed E-state index contributed by atoms with van der Waals surface area (Å²) in [4.78, 5) is 4.10. The van der Waals surface area contributed by atoms with Crippen LogP contribution in [0.2, 0.25) is 0 Å². The number of oxazole rings is 1. The number of sulfonamides is 1. The van der Waals surface area contributed by atoms with E-state index in [1.54, 1.807) is 19.9 Å². The van der Waals surface area contributed by atoms with Crippen molar-refractivity contribution in [2.24, 2.45) is 0 Å². The summed E-state index contributed by atoms with van der Waals surface area (Å²) in [7, 11) is -0.912. The molecule has 1 aromatic carbocycles. The molecule has 0 spiro atoms. The smallest absolute Gasteiger partial charge is 0.244 e. The lowest BCUT2D eigenvalue weighted by molar-refractivity contribution is 0.391. The quantitative estimate of drug-likeness (QED) is 0.870. The molecule has 0 unspecified atom stereocenters. The highest BCUT2D eigenvalue weighted by atomic mass is 32.2. The molecule has 1 heterocycles. The number of ether oxygens (including phenoxy) is 2. The number of aryl methyl sites for hydroxylation is 2. The highest BCUT2D eigenvalue weighted by Crippen LogP contribution is 2.28. The summed E-state index contributed by atoms with van der Waals surface area (Å²) >= 11 is 0. The van der Waals surface area contributed by atoms with E-state index in [9.17, 15) is 8.42 Å². The van der Waals surface area contributed by atoms with Crippen molar-refractivity contribution in [3.05, 3.63) is 35.5 Å². The Kier molecular flexibility index (Phi) is 4.72. The third-order valence-electron chi connectivity index (χ3n) is 3.08. The molecule has 0 aliphatic carbocycles. The van der Waals surface area contributed by atoms with Crippen molar-refractivity contribution in [1.29, 1.82) is 0 Å². The first-order chi connectivity index (χ1) is 10.4. The summed E-state index contributed by atoms with van der Waals surface area (Å²) in [6.07, 6.45) is 0. The SMILES string of the molecule is COc1ccc(OC)c(S(=O)(=O)NCc2oc(C)nc2C)c1. The monoisotopic (exact) mass is 326 g/mol. The maximum Gasteiger partial charge on any atom is 0.244 e. The number of hydrogen-bond acceptors (Lipinski definition) is 6. The fourth-order valence-corrected chi connectivity index (χ4v) is 3.13. The molecule has 0 saturated carbocycles. The predicted octanol–water partition coefficient (Wildman–Crippen LogP) is 1.79. The minimum atomic E-state index is -3.78. The van der Waals surface area contributed by atoms with E-state index in [0.29, 0.717) is 23.1 Å². The van der Waals surface area contributed by atoms with Crippen molar-refractivity contribution in [3.63, 3.8) is 0 Å². The van der Waals surface area contributed by atoms with Gasteiger partial charge in [-0.3, -0.25) is 0 Å². The Bertz CT molecular complexity index is 768. The highest BCUT2D eigenvalue weighted by Gasteiger charge is 2.21. The van der Waals surface area contributed by atoms with Gasteiger partial charge in [0.05, 0.1) is 26.5 Å². The van der Waals surface area contributed by atoms with Crippen molar-refractivity contribution in [2.75, 3.05) is 14.2 Å². The van der Waals surface area contributed by atoms with Crippen molar-refractivity contribution in [2.45, 2.75) is 25.3 Å². The van der Waals surface area contributed by atoms with Crippen molar-refractivity contribution >= 4 is 10.0 Å². The largest absolute Gasteiger partial charge is 0.497 e. The van der Waals surface area contributed by atoms with Crippen LogP contribution in [0.1, 0.15) is 17.3 Å². The van der Waals surface area contributed by atoms with Crippen LogP contribution in [-0.2, 0) is 16.6 Å². The van der Waals surface area contributed by atoms with Gasteiger partial charge in [0.2, 0.25) is 10.0 Å². The van der Waals surface area contributed by atoms with E-state index in [2.05, 4.69) is 9.71 Å². The summed E-state index contributed by atoms with van der Waals surface area (Å²) in [5.74, 6) is 1.63. The van der Waals surface area contributed by atoms with Gasteiger partial charge in [-0.25, -0.2) is 18.1 Å². The molecule has 22 heavy (non-hydrogen) atoms. The predicted molar refractivity (Wildman–Crippen MR) is 79.5 cm³/mol. The van der Waals surface area contributed by atoms with Gasteiger partial charge in [0.25, 0.3) is 0 Å². The van der Waals surface area contributed by atoms with Gasteiger partial charge in [-0.1, -0.05) is 0 Å². The van der Waals surface area contributed by atoms with E-state index in [-0.39, 0.29) is 17.2 Å². The molecule has 0 fully saturated rings. The molecular weight excluding hydrogens is 308 g/mol. The van der Waals surface area contributed by atoms with E-state index in [1.165, 1.54) is 26.4 Å². The second-order valence-electron chi connectivity index (χ2n) is 4.58. The maximum absolute atomic E-state index is 12.5. The first-order valence-corrected chi connectivity index (χ1v) is 8.00. The molecule has 120 valence electrons. The van der Waals surface area contributed by atoms with E-state index in [4.69, 9.17) is 13.9 Å². The molecule has 0 aliphatic rings. The van der Waals surface area contributed by atoms with Crippen LogP contribution in [0.5, 0.6) is 11.5 Å². The Morgan fingerprint density at radius 1 is 1.23 bits per heavy atom. The van der Waals surface area contributed by atoms with Crippen molar-refractivity contribution < 1.29 is 22.3 Å². The van der Waals surface area contributed by atoms with Crippen LogP contribution < -0.4 is 14.2 Å². The number of nitrogens with zero attached hydrogens (tertiary/aromatic N) is 1. The Balaban J connectivity index is 2.28. The van der Waals surface area contributed by atoms with Crippen LogP contribution >= 0.6 is 0 Å². The van der Waals surface area contributed by atoms with E-state index >= 15 is 0 Å². The maximum atomic E-state index is 12.5. The number of aromatic nitrogens is 1. The molecule has 1 N–H and O–H groups in total. The zero-order valence-corrected chi connectivity index (χ0v) is 13.7. The van der Waals surface area contributed by atoms with Crippen LogP contribution in [0.3, 0.4) is 0 Å². The Morgan fingerprint density at radius 3 is 2.50 bits per heavy atom. The lowest BCUT2D eigenvalue weighted by atomic mass is 10.3. The zero-order valence-electron chi connectivity index (χ0n) is 12.8. The highest BCUT2D eigenvalue weighted by molar-refractivity contribution is 7.89. The Hall–Kier alpha value is -2.06. The summed E-state index contributed by atoms with van der Waals surface area (Å²) in [5.41, 5.74) is 0.651. The van der Waals surface area contributed by atoms with E-state index in [1.807, 2.05) is 0 Å². The van der Waals surface area contributed by atoms with Crippen LogP contribution in [0.25, 0.3) is 0 Å². The number of hydrogen-bond donors (Lipinski definition) is 1. The molecule has 0 saturated heterocycles. The normalized spacial score (nSPS) is 11.5. The van der Waals surface area contributed by atoms with Gasteiger partial charge in [-0.2, -0.15) is 0 Å². The fourth-order valence-electron chi connectivity index (χ4n) is 1.97. The van der Waals surface area contributed by atoms with Gasteiger partial charge >= 0.3 is 0 Å². The zero-order chi connectivity index (χ0) is 16.3. The molecule has 7 nitrogen and oxygen atoms in total. The first-order valence-electron chi connectivity index (χ1n) is 6.52. The molecule has 0 radical (unpaired) electrons. The van der Waals surface area contributed by atoms with Gasteiger partial charge in [0.15, 0.2) is 5.89 Å². The standard InChI is InChI=1S/C14H18N2O5S/c1-9-13(21-10(2)16-9)8-15-22(17,18)14-7-11(19-3)5-6-12(14)20-4/h5-7,15H,8H2,1-4H3. The molecule has 0 aliphatic heterocycles. The number of benzene rings is 1. The molecule has 2 rings (SSSR count).